The van der Waals surface area contributed by atoms with Crippen LogP contribution >= 0.6 is 0 Å². The van der Waals surface area contributed by atoms with Crippen LogP contribution in [0.1, 0.15) is 15.9 Å². The average Bonchev–Trinajstić information content (AvgIpc) is 2.50. The molecule has 5 nitrogen and oxygen atoms in total. The lowest BCUT2D eigenvalue weighted by atomic mass is 10.1. The fourth-order valence-corrected chi connectivity index (χ4v) is 2.47. The van der Waals surface area contributed by atoms with Crippen LogP contribution in [0, 0.1) is 12.7 Å². The number of aromatic nitrogens is 2. The summed E-state index contributed by atoms with van der Waals surface area (Å²) in [5.74, 6) is -0.722. The maximum atomic E-state index is 13.9. The molecular formula is C17H14FN3O2. The molecule has 0 atom stereocenters. The Morgan fingerprint density at radius 3 is 2.83 bits per heavy atom. The molecule has 6 heteroatoms. The predicted octanol–water partition coefficient (Wildman–Crippen LogP) is 2.63. The van der Waals surface area contributed by atoms with Crippen molar-refractivity contribution in [1.29, 1.82) is 0 Å². The molecule has 116 valence electrons. The zero-order valence-electron chi connectivity index (χ0n) is 12.6. The van der Waals surface area contributed by atoms with E-state index in [2.05, 4.69) is 10.3 Å². The summed E-state index contributed by atoms with van der Waals surface area (Å²) in [7, 11) is 1.59. The molecule has 2 aromatic heterocycles. The molecule has 0 spiro atoms. The molecule has 0 aliphatic rings. The summed E-state index contributed by atoms with van der Waals surface area (Å²) in [6.45, 7) is 1.87. The molecule has 1 amide bonds. The first-order valence-electron chi connectivity index (χ1n) is 6.99. The monoisotopic (exact) mass is 311 g/mol. The number of nitrogens with one attached hydrogen (secondary N) is 1. The van der Waals surface area contributed by atoms with Crippen LogP contribution in [0.5, 0.6) is 0 Å². The first-order chi connectivity index (χ1) is 11.0. The van der Waals surface area contributed by atoms with Gasteiger partial charge in [-0.05, 0) is 36.8 Å². The number of benzene rings is 1. The van der Waals surface area contributed by atoms with Gasteiger partial charge in [0, 0.05) is 24.8 Å². The number of anilines is 1. The van der Waals surface area contributed by atoms with Crippen LogP contribution in [0.25, 0.3) is 10.9 Å². The van der Waals surface area contributed by atoms with Gasteiger partial charge in [-0.2, -0.15) is 0 Å². The van der Waals surface area contributed by atoms with Crippen molar-refractivity contribution in [3.05, 3.63) is 69.9 Å². The average molecular weight is 311 g/mol. The molecule has 0 aliphatic carbocycles. The third-order valence-electron chi connectivity index (χ3n) is 3.55. The standard InChI is InChI=1S/C17H14FN3O2/c1-10-6-7-19-14(8-10)20-17(23)12-9-21(2)15-11(16(12)22)4-3-5-13(15)18/h3-9H,1-2H3,(H,19,20,23). The normalized spacial score (nSPS) is 10.7. The van der Waals surface area contributed by atoms with Crippen LogP contribution in [0.3, 0.4) is 0 Å². The molecule has 0 saturated carbocycles. The molecule has 0 unspecified atom stereocenters. The third-order valence-corrected chi connectivity index (χ3v) is 3.55. The minimum atomic E-state index is -0.574. The first kappa shape index (κ1) is 14.9. The van der Waals surface area contributed by atoms with Gasteiger partial charge in [0.2, 0.25) is 5.43 Å². The summed E-state index contributed by atoms with van der Waals surface area (Å²) in [4.78, 5) is 28.9. The SMILES string of the molecule is Cc1ccnc(NC(=O)c2cn(C)c3c(F)cccc3c2=O)c1. The number of carbonyl (C=O) groups excluding carboxylic acids is 1. The van der Waals surface area contributed by atoms with Crippen molar-refractivity contribution in [2.45, 2.75) is 6.92 Å². The Morgan fingerprint density at radius 1 is 1.30 bits per heavy atom. The molecule has 3 rings (SSSR count). The summed E-state index contributed by atoms with van der Waals surface area (Å²) in [5, 5.41) is 2.75. The molecule has 0 aliphatic heterocycles. The maximum Gasteiger partial charge on any atom is 0.262 e. The van der Waals surface area contributed by atoms with Gasteiger partial charge >= 0.3 is 0 Å². The van der Waals surface area contributed by atoms with E-state index in [4.69, 9.17) is 0 Å². The highest BCUT2D eigenvalue weighted by molar-refractivity contribution is 6.05. The van der Waals surface area contributed by atoms with Crippen molar-refractivity contribution < 1.29 is 9.18 Å². The molecule has 0 radical (unpaired) electrons. The summed E-state index contributed by atoms with van der Waals surface area (Å²) in [5.41, 5.74) is 0.531. The molecular weight excluding hydrogens is 297 g/mol. The Hall–Kier alpha value is -3.02. The van der Waals surface area contributed by atoms with E-state index in [1.54, 1.807) is 25.4 Å². The molecule has 3 aromatic rings. The lowest BCUT2D eigenvalue weighted by Gasteiger charge is -2.10. The van der Waals surface area contributed by atoms with Gasteiger partial charge in [-0.15, -0.1) is 0 Å². The molecule has 23 heavy (non-hydrogen) atoms. The number of fused-ring (bicyclic) bond motifs is 1. The lowest BCUT2D eigenvalue weighted by Crippen LogP contribution is -2.24. The summed E-state index contributed by atoms with van der Waals surface area (Å²) >= 11 is 0. The van der Waals surface area contributed by atoms with Gasteiger partial charge in [0.1, 0.15) is 17.2 Å². The van der Waals surface area contributed by atoms with Crippen LogP contribution in [0.2, 0.25) is 0 Å². The summed E-state index contributed by atoms with van der Waals surface area (Å²) in [6.07, 6.45) is 2.90. The Morgan fingerprint density at radius 2 is 2.09 bits per heavy atom. The second-order valence-corrected chi connectivity index (χ2v) is 5.29. The Labute approximate surface area is 131 Å². The van der Waals surface area contributed by atoms with Crippen molar-refractivity contribution in [2.24, 2.45) is 7.05 Å². The number of amides is 1. The van der Waals surface area contributed by atoms with Crippen molar-refractivity contribution >= 4 is 22.6 Å². The minimum absolute atomic E-state index is 0.0612. The van der Waals surface area contributed by atoms with Crippen molar-refractivity contribution in [1.82, 2.24) is 9.55 Å². The number of hydrogen-bond donors (Lipinski definition) is 1. The van der Waals surface area contributed by atoms with Crippen LogP contribution in [0.15, 0.2) is 47.5 Å². The number of halogens is 1. The molecule has 2 heterocycles. The van der Waals surface area contributed by atoms with E-state index in [9.17, 15) is 14.0 Å². The fraction of sp³-hybridized carbons (Fsp3) is 0.118. The van der Waals surface area contributed by atoms with Gasteiger partial charge in [0.15, 0.2) is 0 Å². The molecule has 1 N–H and O–H groups in total. The lowest BCUT2D eigenvalue weighted by molar-refractivity contribution is 0.102. The topological polar surface area (TPSA) is 64.0 Å². The maximum absolute atomic E-state index is 13.9. The van der Waals surface area contributed by atoms with Gasteiger partial charge in [0.05, 0.1) is 5.52 Å². The quantitative estimate of drug-likeness (QED) is 0.791. The second kappa shape index (κ2) is 5.64. The van der Waals surface area contributed by atoms with Crippen LogP contribution in [-0.4, -0.2) is 15.5 Å². The van der Waals surface area contributed by atoms with E-state index in [-0.39, 0.29) is 16.5 Å². The van der Waals surface area contributed by atoms with E-state index in [1.165, 1.54) is 29.0 Å². The zero-order valence-corrected chi connectivity index (χ0v) is 12.6. The number of pyridine rings is 2. The molecule has 0 bridgehead atoms. The first-order valence-corrected chi connectivity index (χ1v) is 6.99. The van der Waals surface area contributed by atoms with Crippen LogP contribution in [0.4, 0.5) is 10.2 Å². The molecule has 0 saturated heterocycles. The van der Waals surface area contributed by atoms with Gasteiger partial charge in [0.25, 0.3) is 5.91 Å². The number of para-hydroxylation sites is 1. The van der Waals surface area contributed by atoms with Gasteiger partial charge in [-0.25, -0.2) is 9.37 Å². The third kappa shape index (κ3) is 2.70. The van der Waals surface area contributed by atoms with Crippen molar-refractivity contribution in [3.8, 4) is 0 Å². The number of carbonyl (C=O) groups is 1. The summed E-state index contributed by atoms with van der Waals surface area (Å²) in [6, 6.07) is 7.72. The Bertz CT molecular complexity index is 979. The highest BCUT2D eigenvalue weighted by Crippen LogP contribution is 2.15. The molecule has 1 aromatic carbocycles. The zero-order chi connectivity index (χ0) is 16.6. The fourth-order valence-electron chi connectivity index (χ4n) is 2.47. The van der Waals surface area contributed by atoms with Crippen LogP contribution < -0.4 is 10.7 Å². The number of rotatable bonds is 2. The van der Waals surface area contributed by atoms with Gasteiger partial charge in [-0.3, -0.25) is 9.59 Å². The Balaban J connectivity index is 2.08. The highest BCUT2D eigenvalue weighted by atomic mass is 19.1. The Kier molecular flexibility index (Phi) is 3.65. The number of nitrogens with zero attached hydrogens (tertiary/aromatic N) is 2. The van der Waals surface area contributed by atoms with Crippen molar-refractivity contribution in [3.63, 3.8) is 0 Å². The second-order valence-electron chi connectivity index (χ2n) is 5.29. The van der Waals surface area contributed by atoms with Crippen molar-refractivity contribution in [2.75, 3.05) is 5.32 Å². The van der Waals surface area contributed by atoms with E-state index >= 15 is 0 Å². The predicted molar refractivity (Wildman–Crippen MR) is 86.1 cm³/mol. The largest absolute Gasteiger partial charge is 0.347 e. The molecule has 0 fully saturated rings. The van der Waals surface area contributed by atoms with Gasteiger partial charge in [-0.1, -0.05) is 6.07 Å². The van der Waals surface area contributed by atoms with Crippen LogP contribution in [-0.2, 0) is 7.05 Å². The minimum Gasteiger partial charge on any atom is -0.347 e. The van der Waals surface area contributed by atoms with E-state index < -0.39 is 17.2 Å². The van der Waals surface area contributed by atoms with E-state index in [0.717, 1.165) is 5.56 Å². The van der Waals surface area contributed by atoms with E-state index in [0.29, 0.717) is 5.82 Å². The number of aryl methyl sites for hydroxylation is 2. The number of hydrogen-bond acceptors (Lipinski definition) is 3. The summed E-state index contributed by atoms with van der Waals surface area (Å²) < 4.78 is 15.3. The smallest absolute Gasteiger partial charge is 0.262 e. The highest BCUT2D eigenvalue weighted by Gasteiger charge is 2.16. The van der Waals surface area contributed by atoms with Gasteiger partial charge < -0.3 is 9.88 Å². The van der Waals surface area contributed by atoms with E-state index in [1.807, 2.05) is 6.92 Å².